The van der Waals surface area contributed by atoms with Crippen LogP contribution in [0.2, 0.25) is 0 Å². The monoisotopic (exact) mass is 289 g/mol. The van der Waals surface area contributed by atoms with Gasteiger partial charge in [0.25, 0.3) is 0 Å². The van der Waals surface area contributed by atoms with Crippen LogP contribution in [0.5, 0.6) is 0 Å². The molecule has 114 valence electrons. The van der Waals surface area contributed by atoms with Crippen LogP contribution in [0.4, 0.5) is 0 Å². The first-order chi connectivity index (χ1) is 9.14. The standard InChI is InChI=1S/C16H32ClNO/c1-16(2,9-5-10-17)14-18-11-4-3-6-15-7-12-19-13-8-15/h15,18H,3-14H2,1-2H3. The molecule has 0 aliphatic carbocycles. The first-order valence-corrected chi connectivity index (χ1v) is 8.52. The summed E-state index contributed by atoms with van der Waals surface area (Å²) in [5, 5.41) is 3.60. The zero-order chi connectivity index (χ0) is 14.0. The highest BCUT2D eigenvalue weighted by Crippen LogP contribution is 2.22. The molecule has 0 aromatic rings. The fourth-order valence-electron chi connectivity index (χ4n) is 2.78. The van der Waals surface area contributed by atoms with Crippen molar-refractivity contribution < 1.29 is 4.74 Å². The van der Waals surface area contributed by atoms with Gasteiger partial charge in [-0.1, -0.05) is 26.7 Å². The number of nitrogens with one attached hydrogen (secondary N) is 1. The lowest BCUT2D eigenvalue weighted by molar-refractivity contribution is 0.0631. The molecule has 1 N–H and O–H groups in total. The van der Waals surface area contributed by atoms with Crippen molar-refractivity contribution in [3.8, 4) is 0 Å². The summed E-state index contributed by atoms with van der Waals surface area (Å²) >= 11 is 5.75. The molecule has 0 bridgehead atoms. The van der Waals surface area contributed by atoms with E-state index in [1.165, 1.54) is 38.5 Å². The van der Waals surface area contributed by atoms with E-state index in [9.17, 15) is 0 Å². The van der Waals surface area contributed by atoms with E-state index in [4.69, 9.17) is 16.3 Å². The number of hydrogen-bond acceptors (Lipinski definition) is 2. The van der Waals surface area contributed by atoms with Gasteiger partial charge in [0.1, 0.15) is 0 Å². The molecule has 1 heterocycles. The van der Waals surface area contributed by atoms with Gasteiger partial charge in [0.15, 0.2) is 0 Å². The number of rotatable bonds is 10. The maximum atomic E-state index is 5.75. The molecule has 19 heavy (non-hydrogen) atoms. The third-order valence-electron chi connectivity index (χ3n) is 4.15. The highest BCUT2D eigenvalue weighted by atomic mass is 35.5. The summed E-state index contributed by atoms with van der Waals surface area (Å²) in [6.07, 6.45) is 8.95. The van der Waals surface area contributed by atoms with Crippen molar-refractivity contribution in [2.45, 2.75) is 58.8 Å². The fourth-order valence-corrected chi connectivity index (χ4v) is 2.91. The largest absolute Gasteiger partial charge is 0.381 e. The van der Waals surface area contributed by atoms with Crippen molar-refractivity contribution >= 4 is 11.6 Å². The summed E-state index contributed by atoms with van der Waals surface area (Å²) in [6, 6.07) is 0. The van der Waals surface area contributed by atoms with Crippen molar-refractivity contribution in [2.75, 3.05) is 32.2 Å². The van der Waals surface area contributed by atoms with Gasteiger partial charge in [0.2, 0.25) is 0 Å². The Balaban J connectivity index is 1.92. The van der Waals surface area contributed by atoms with Crippen molar-refractivity contribution in [1.29, 1.82) is 0 Å². The number of ether oxygens (including phenoxy) is 1. The van der Waals surface area contributed by atoms with E-state index < -0.39 is 0 Å². The molecule has 3 heteroatoms. The van der Waals surface area contributed by atoms with Crippen LogP contribution >= 0.6 is 11.6 Å². The van der Waals surface area contributed by atoms with Crippen LogP contribution < -0.4 is 5.32 Å². The molecule has 1 aliphatic rings. The van der Waals surface area contributed by atoms with Gasteiger partial charge in [0, 0.05) is 25.6 Å². The molecule has 2 nitrogen and oxygen atoms in total. The molecule has 0 saturated carbocycles. The van der Waals surface area contributed by atoms with Crippen LogP contribution in [0.15, 0.2) is 0 Å². The van der Waals surface area contributed by atoms with Crippen LogP contribution in [-0.2, 0) is 4.74 Å². The second-order valence-electron chi connectivity index (χ2n) is 6.69. The second kappa shape index (κ2) is 10.0. The number of alkyl halides is 1. The van der Waals surface area contributed by atoms with Gasteiger partial charge in [0.05, 0.1) is 0 Å². The molecule has 0 radical (unpaired) electrons. The molecule has 0 aromatic heterocycles. The van der Waals surface area contributed by atoms with E-state index in [0.717, 1.165) is 44.5 Å². The van der Waals surface area contributed by atoms with Gasteiger partial charge < -0.3 is 10.1 Å². The van der Waals surface area contributed by atoms with Crippen LogP contribution in [0, 0.1) is 11.3 Å². The van der Waals surface area contributed by atoms with Gasteiger partial charge in [-0.25, -0.2) is 0 Å². The summed E-state index contributed by atoms with van der Waals surface area (Å²) < 4.78 is 5.39. The van der Waals surface area contributed by atoms with Crippen LogP contribution in [0.3, 0.4) is 0 Å². The average Bonchev–Trinajstić information content (AvgIpc) is 2.42. The molecule has 1 fully saturated rings. The van der Waals surface area contributed by atoms with Crippen LogP contribution in [0.25, 0.3) is 0 Å². The van der Waals surface area contributed by atoms with E-state index in [1.54, 1.807) is 0 Å². The average molecular weight is 290 g/mol. The Labute approximate surface area is 124 Å². The minimum atomic E-state index is 0.385. The van der Waals surface area contributed by atoms with Crippen LogP contribution in [0.1, 0.15) is 58.8 Å². The lowest BCUT2D eigenvalue weighted by Crippen LogP contribution is -2.30. The smallest absolute Gasteiger partial charge is 0.0468 e. The lowest BCUT2D eigenvalue weighted by atomic mass is 9.88. The van der Waals surface area contributed by atoms with Gasteiger partial charge in [-0.05, 0) is 50.0 Å². The zero-order valence-corrected chi connectivity index (χ0v) is 13.6. The van der Waals surface area contributed by atoms with E-state index in [1.807, 2.05) is 0 Å². The summed E-state index contributed by atoms with van der Waals surface area (Å²) in [5.41, 5.74) is 0.385. The Morgan fingerprint density at radius 3 is 2.58 bits per heavy atom. The van der Waals surface area contributed by atoms with E-state index in [2.05, 4.69) is 19.2 Å². The zero-order valence-electron chi connectivity index (χ0n) is 12.8. The molecule has 1 saturated heterocycles. The third-order valence-corrected chi connectivity index (χ3v) is 4.41. The summed E-state index contributed by atoms with van der Waals surface area (Å²) in [5.74, 6) is 1.71. The van der Waals surface area contributed by atoms with Gasteiger partial charge in [-0.2, -0.15) is 0 Å². The predicted molar refractivity (Wildman–Crippen MR) is 84.0 cm³/mol. The van der Waals surface area contributed by atoms with E-state index in [-0.39, 0.29) is 0 Å². The van der Waals surface area contributed by atoms with E-state index >= 15 is 0 Å². The normalized spacial score (nSPS) is 17.8. The number of halogens is 1. The molecule has 0 aromatic carbocycles. The van der Waals surface area contributed by atoms with Gasteiger partial charge in [-0.3, -0.25) is 0 Å². The Morgan fingerprint density at radius 1 is 1.16 bits per heavy atom. The van der Waals surface area contributed by atoms with E-state index in [0.29, 0.717) is 5.41 Å². The quantitative estimate of drug-likeness (QED) is 0.480. The SMILES string of the molecule is CC(C)(CCCCl)CNCCCCC1CCOCC1. The molecule has 0 amide bonds. The Bertz CT molecular complexity index is 215. The first kappa shape index (κ1) is 17.3. The van der Waals surface area contributed by atoms with Gasteiger partial charge in [-0.15, -0.1) is 11.6 Å². The molecule has 1 aliphatic heterocycles. The van der Waals surface area contributed by atoms with Gasteiger partial charge >= 0.3 is 0 Å². The maximum absolute atomic E-state index is 5.75. The third kappa shape index (κ3) is 8.88. The van der Waals surface area contributed by atoms with Crippen molar-refractivity contribution in [2.24, 2.45) is 11.3 Å². The summed E-state index contributed by atoms with van der Waals surface area (Å²) in [4.78, 5) is 0. The first-order valence-electron chi connectivity index (χ1n) is 7.98. The molecule has 0 atom stereocenters. The Hall–Kier alpha value is 0.210. The molecular formula is C16H32ClNO. The predicted octanol–water partition coefficient (Wildman–Crippen LogP) is 4.22. The Kier molecular flexibility index (Phi) is 9.10. The molecule has 0 unspecified atom stereocenters. The Morgan fingerprint density at radius 2 is 1.89 bits per heavy atom. The summed E-state index contributed by atoms with van der Waals surface area (Å²) in [7, 11) is 0. The highest BCUT2D eigenvalue weighted by Gasteiger charge is 2.16. The van der Waals surface area contributed by atoms with Crippen LogP contribution in [-0.4, -0.2) is 32.2 Å². The number of hydrogen-bond donors (Lipinski definition) is 1. The molecular weight excluding hydrogens is 258 g/mol. The minimum Gasteiger partial charge on any atom is -0.381 e. The molecule has 0 spiro atoms. The molecule has 1 rings (SSSR count). The minimum absolute atomic E-state index is 0.385. The maximum Gasteiger partial charge on any atom is 0.0468 e. The fraction of sp³-hybridized carbons (Fsp3) is 1.00. The second-order valence-corrected chi connectivity index (χ2v) is 7.06. The number of unbranched alkanes of at least 4 members (excludes halogenated alkanes) is 1. The lowest BCUT2D eigenvalue weighted by Gasteiger charge is -2.25. The van der Waals surface area contributed by atoms with Crippen molar-refractivity contribution in [1.82, 2.24) is 5.32 Å². The topological polar surface area (TPSA) is 21.3 Å². The van der Waals surface area contributed by atoms with Crippen molar-refractivity contribution in [3.63, 3.8) is 0 Å². The highest BCUT2D eigenvalue weighted by molar-refractivity contribution is 6.17. The van der Waals surface area contributed by atoms with Crippen molar-refractivity contribution in [3.05, 3.63) is 0 Å². The summed E-state index contributed by atoms with van der Waals surface area (Å²) in [6.45, 7) is 8.90.